The fraction of sp³-hybridized carbons (Fsp3) is 0.533. The predicted molar refractivity (Wildman–Crippen MR) is 97.1 cm³/mol. The number of piperazine rings is 1. The van der Waals surface area contributed by atoms with Crippen LogP contribution in [0.15, 0.2) is 29.2 Å². The molecule has 22 heavy (non-hydrogen) atoms. The van der Waals surface area contributed by atoms with Crippen LogP contribution in [0.1, 0.15) is 12.5 Å². The lowest BCUT2D eigenvalue weighted by Gasteiger charge is -2.35. The van der Waals surface area contributed by atoms with Crippen molar-refractivity contribution in [3.8, 4) is 0 Å². The maximum absolute atomic E-state index is 11.4. The fourth-order valence-corrected chi connectivity index (χ4v) is 4.15. The van der Waals surface area contributed by atoms with Crippen molar-refractivity contribution >= 4 is 38.1 Å². The molecular weight excluding hydrogens is 336 g/mol. The van der Waals surface area contributed by atoms with Crippen molar-refractivity contribution in [2.24, 2.45) is 0 Å². The van der Waals surface area contributed by atoms with E-state index < -0.39 is 9.84 Å². The van der Waals surface area contributed by atoms with Crippen LogP contribution in [0, 0.1) is 0 Å². The van der Waals surface area contributed by atoms with Gasteiger partial charge in [-0.2, -0.15) is 0 Å². The van der Waals surface area contributed by atoms with Gasteiger partial charge in [-0.3, -0.25) is 0 Å². The van der Waals surface area contributed by atoms with E-state index in [1.54, 1.807) is 23.9 Å². The number of hydrogen-bond donors (Lipinski definition) is 0. The molecule has 4 nitrogen and oxygen atoms in total. The van der Waals surface area contributed by atoms with Crippen molar-refractivity contribution in [2.45, 2.75) is 17.6 Å². The topological polar surface area (TPSA) is 40.6 Å². The van der Waals surface area contributed by atoms with Crippen molar-refractivity contribution < 1.29 is 8.42 Å². The largest absolute Gasteiger partial charge is 0.355 e. The summed E-state index contributed by atoms with van der Waals surface area (Å²) in [5.74, 6) is 0.775. The molecule has 0 aromatic heterocycles. The van der Waals surface area contributed by atoms with Crippen LogP contribution in [0.4, 0.5) is 0 Å². The maximum atomic E-state index is 11.4. The molecule has 1 fully saturated rings. The summed E-state index contributed by atoms with van der Waals surface area (Å²) in [6.07, 6.45) is 1.22. The summed E-state index contributed by atoms with van der Waals surface area (Å²) in [6.45, 7) is 7.41. The van der Waals surface area contributed by atoms with Crippen LogP contribution in [0.3, 0.4) is 0 Å². The van der Waals surface area contributed by atoms with Gasteiger partial charge in [0.2, 0.25) is 0 Å². The number of rotatable bonds is 4. The summed E-state index contributed by atoms with van der Waals surface area (Å²) in [5.41, 5.74) is 1.09. The molecule has 0 N–H and O–H groups in total. The van der Waals surface area contributed by atoms with Gasteiger partial charge in [-0.1, -0.05) is 43.0 Å². The van der Waals surface area contributed by atoms with E-state index in [0.717, 1.165) is 48.4 Å². The highest BCUT2D eigenvalue weighted by atomic mass is 32.2. The first kappa shape index (κ1) is 17.7. The van der Waals surface area contributed by atoms with Crippen LogP contribution >= 0.6 is 24.0 Å². The summed E-state index contributed by atoms with van der Waals surface area (Å²) in [4.78, 5) is 5.05. The van der Waals surface area contributed by atoms with Crippen LogP contribution in [0.5, 0.6) is 0 Å². The molecule has 0 atom stereocenters. The molecule has 0 aliphatic carbocycles. The molecular formula is C15H22N2O2S3. The second-order valence-corrected chi connectivity index (χ2v) is 9.02. The number of thioether (sulfide) groups is 1. The number of thiocarbonyl (C=S) groups is 1. The Morgan fingerprint density at radius 2 is 1.77 bits per heavy atom. The summed E-state index contributed by atoms with van der Waals surface area (Å²) in [6, 6.07) is 7.05. The van der Waals surface area contributed by atoms with Gasteiger partial charge in [0.05, 0.1) is 4.90 Å². The van der Waals surface area contributed by atoms with Gasteiger partial charge in [-0.05, 0) is 24.2 Å². The monoisotopic (exact) mass is 358 g/mol. The minimum atomic E-state index is -3.12. The summed E-state index contributed by atoms with van der Waals surface area (Å²) >= 11 is 7.16. The Morgan fingerprint density at radius 1 is 1.18 bits per heavy atom. The molecule has 0 amide bonds. The van der Waals surface area contributed by atoms with Gasteiger partial charge in [0.15, 0.2) is 9.84 Å². The van der Waals surface area contributed by atoms with Gasteiger partial charge in [-0.15, -0.1) is 0 Å². The minimum Gasteiger partial charge on any atom is -0.355 e. The van der Waals surface area contributed by atoms with Gasteiger partial charge < -0.3 is 9.80 Å². The Hall–Kier alpha value is -0.630. The quantitative estimate of drug-likeness (QED) is 0.769. The first-order chi connectivity index (χ1) is 10.4. The Kier molecular flexibility index (Phi) is 6.26. The van der Waals surface area contributed by atoms with Crippen LogP contribution < -0.4 is 0 Å². The zero-order chi connectivity index (χ0) is 16.2. The lowest BCUT2D eigenvalue weighted by atomic mass is 10.2. The first-order valence-electron chi connectivity index (χ1n) is 7.33. The molecule has 2 rings (SSSR count). The lowest BCUT2D eigenvalue weighted by Crippen LogP contribution is -2.47. The normalized spacial score (nSPS) is 16.7. The third-order valence-electron chi connectivity index (χ3n) is 3.79. The summed E-state index contributed by atoms with van der Waals surface area (Å²) in [7, 11) is -3.12. The average molecular weight is 359 g/mol. The molecule has 1 heterocycles. The lowest BCUT2D eigenvalue weighted by molar-refractivity contribution is 0.193. The first-order valence-corrected chi connectivity index (χ1v) is 10.6. The van der Waals surface area contributed by atoms with Gasteiger partial charge in [0.25, 0.3) is 0 Å². The van der Waals surface area contributed by atoms with E-state index in [2.05, 4.69) is 16.7 Å². The smallest absolute Gasteiger partial charge is 0.175 e. The highest BCUT2D eigenvalue weighted by Gasteiger charge is 2.17. The fourth-order valence-electron chi connectivity index (χ4n) is 2.32. The highest BCUT2D eigenvalue weighted by molar-refractivity contribution is 8.22. The standard InChI is InChI=1S/C15H22N2O2S3/c1-3-16-8-10-17(11-9-16)15(20)21-12-13-4-6-14(7-5-13)22(2,18)19/h4-7H,3,8-12H2,1-2H3. The zero-order valence-electron chi connectivity index (χ0n) is 13.0. The second-order valence-electron chi connectivity index (χ2n) is 5.39. The Bertz CT molecular complexity index is 606. The third kappa shape index (κ3) is 4.94. The van der Waals surface area contributed by atoms with Crippen LogP contribution in [-0.2, 0) is 15.6 Å². The minimum absolute atomic E-state index is 0.361. The Labute approximate surface area is 142 Å². The molecule has 0 saturated carbocycles. The van der Waals surface area contributed by atoms with Gasteiger partial charge in [0.1, 0.15) is 4.32 Å². The highest BCUT2D eigenvalue weighted by Crippen LogP contribution is 2.19. The molecule has 0 unspecified atom stereocenters. The second kappa shape index (κ2) is 7.77. The van der Waals surface area contributed by atoms with E-state index in [4.69, 9.17) is 12.2 Å². The van der Waals surface area contributed by atoms with Crippen LogP contribution in [0.25, 0.3) is 0 Å². The van der Waals surface area contributed by atoms with Crippen molar-refractivity contribution in [3.05, 3.63) is 29.8 Å². The van der Waals surface area contributed by atoms with Crippen molar-refractivity contribution in [1.82, 2.24) is 9.80 Å². The van der Waals surface area contributed by atoms with E-state index in [0.29, 0.717) is 4.90 Å². The molecule has 1 aromatic carbocycles. The van der Waals surface area contributed by atoms with Crippen LogP contribution in [-0.4, -0.2) is 61.5 Å². The number of sulfone groups is 1. The molecule has 1 aromatic rings. The Balaban J connectivity index is 1.84. The number of likely N-dealkylation sites (N-methyl/N-ethyl adjacent to an activating group) is 1. The average Bonchev–Trinajstić information content (AvgIpc) is 2.52. The predicted octanol–water partition coefficient (Wildman–Crippen LogP) is 2.25. The SMILES string of the molecule is CCN1CCN(C(=S)SCc2ccc(S(C)(=O)=O)cc2)CC1. The molecule has 1 aliphatic heterocycles. The molecule has 122 valence electrons. The third-order valence-corrected chi connectivity index (χ3v) is 6.51. The van der Waals surface area contributed by atoms with Crippen molar-refractivity contribution in [1.29, 1.82) is 0 Å². The van der Waals surface area contributed by atoms with E-state index >= 15 is 0 Å². The van der Waals surface area contributed by atoms with Gasteiger partial charge >= 0.3 is 0 Å². The number of nitrogens with zero attached hydrogens (tertiary/aromatic N) is 2. The number of hydrogen-bond acceptors (Lipinski definition) is 5. The zero-order valence-corrected chi connectivity index (χ0v) is 15.4. The van der Waals surface area contributed by atoms with E-state index in [1.165, 1.54) is 6.26 Å². The molecule has 1 aliphatic rings. The van der Waals surface area contributed by atoms with Crippen LogP contribution in [0.2, 0.25) is 0 Å². The van der Waals surface area contributed by atoms with E-state index in [9.17, 15) is 8.42 Å². The van der Waals surface area contributed by atoms with Crippen molar-refractivity contribution in [2.75, 3.05) is 39.0 Å². The molecule has 0 spiro atoms. The van der Waals surface area contributed by atoms with E-state index in [-0.39, 0.29) is 0 Å². The molecule has 1 saturated heterocycles. The molecule has 7 heteroatoms. The molecule has 0 bridgehead atoms. The van der Waals surface area contributed by atoms with Crippen molar-refractivity contribution in [3.63, 3.8) is 0 Å². The van der Waals surface area contributed by atoms with Gasteiger partial charge in [0, 0.05) is 38.2 Å². The number of benzene rings is 1. The van der Waals surface area contributed by atoms with Gasteiger partial charge in [-0.25, -0.2) is 8.42 Å². The summed E-state index contributed by atoms with van der Waals surface area (Å²) < 4.78 is 23.8. The maximum Gasteiger partial charge on any atom is 0.175 e. The molecule has 0 radical (unpaired) electrons. The summed E-state index contributed by atoms with van der Waals surface area (Å²) in [5, 5.41) is 0. The Morgan fingerprint density at radius 3 is 2.27 bits per heavy atom. The van der Waals surface area contributed by atoms with E-state index in [1.807, 2.05) is 12.1 Å².